The van der Waals surface area contributed by atoms with Gasteiger partial charge in [-0.15, -0.1) is 24.0 Å². The van der Waals surface area contributed by atoms with Crippen LogP contribution in [0.5, 0.6) is 0 Å². The van der Waals surface area contributed by atoms with Crippen molar-refractivity contribution in [3.05, 3.63) is 70.1 Å². The molecule has 3 rings (SSSR count). The van der Waals surface area contributed by atoms with Gasteiger partial charge in [-0.25, -0.2) is 0 Å². The van der Waals surface area contributed by atoms with Crippen molar-refractivity contribution in [2.75, 3.05) is 25.9 Å². The molecular formula is C21H29IN4OS. The van der Waals surface area contributed by atoms with Crippen LogP contribution in [0.1, 0.15) is 25.0 Å². The molecular weight excluding hydrogens is 483 g/mol. The van der Waals surface area contributed by atoms with E-state index in [4.69, 9.17) is 0 Å². The van der Waals surface area contributed by atoms with Crippen LogP contribution in [0, 0.1) is 0 Å². The van der Waals surface area contributed by atoms with E-state index in [1.165, 1.54) is 5.56 Å². The van der Waals surface area contributed by atoms with Crippen LogP contribution in [0.25, 0.3) is 0 Å². The molecule has 28 heavy (non-hydrogen) atoms. The Morgan fingerprint density at radius 3 is 2.54 bits per heavy atom. The second-order valence-electron chi connectivity index (χ2n) is 7.41. The fourth-order valence-electron chi connectivity index (χ4n) is 3.26. The Kier molecular flexibility index (Phi) is 8.42. The number of aliphatic imine (C=N–C) groups is 1. The van der Waals surface area contributed by atoms with Gasteiger partial charge in [-0.1, -0.05) is 30.3 Å². The van der Waals surface area contributed by atoms with Gasteiger partial charge in [0.1, 0.15) is 0 Å². The zero-order valence-electron chi connectivity index (χ0n) is 16.7. The van der Waals surface area contributed by atoms with E-state index in [1.807, 2.05) is 31.1 Å². The van der Waals surface area contributed by atoms with Crippen molar-refractivity contribution in [2.24, 2.45) is 4.99 Å². The Labute approximate surface area is 188 Å². The van der Waals surface area contributed by atoms with Gasteiger partial charge in [0.15, 0.2) is 5.96 Å². The molecule has 1 aromatic heterocycles. The first kappa shape index (κ1) is 22.8. The third-order valence-electron chi connectivity index (χ3n) is 4.66. The van der Waals surface area contributed by atoms with Crippen LogP contribution < -0.4 is 10.9 Å². The summed E-state index contributed by atoms with van der Waals surface area (Å²) in [5, 5.41) is 3.48. The molecule has 1 aliphatic rings. The third-order valence-corrected chi connectivity index (χ3v) is 5.96. The summed E-state index contributed by atoms with van der Waals surface area (Å²) in [6.07, 6.45) is 1.82. The minimum atomic E-state index is 0. The Morgan fingerprint density at radius 1 is 1.18 bits per heavy atom. The van der Waals surface area contributed by atoms with Crippen molar-refractivity contribution >= 4 is 41.7 Å². The molecule has 2 heterocycles. The molecule has 7 heteroatoms. The summed E-state index contributed by atoms with van der Waals surface area (Å²) < 4.78 is 1.97. The van der Waals surface area contributed by atoms with E-state index < -0.39 is 0 Å². The number of pyridine rings is 1. The largest absolute Gasteiger partial charge is 0.352 e. The summed E-state index contributed by atoms with van der Waals surface area (Å²) in [4.78, 5) is 18.6. The van der Waals surface area contributed by atoms with E-state index in [9.17, 15) is 4.79 Å². The van der Waals surface area contributed by atoms with E-state index in [2.05, 4.69) is 53.3 Å². The molecule has 0 atom stereocenters. The first-order valence-electron chi connectivity index (χ1n) is 9.30. The molecule has 0 bridgehead atoms. The van der Waals surface area contributed by atoms with Gasteiger partial charge < -0.3 is 14.8 Å². The number of guanidine groups is 1. The number of nitrogens with one attached hydrogen (secondary N) is 1. The predicted molar refractivity (Wildman–Crippen MR) is 130 cm³/mol. The normalized spacial score (nSPS) is 16.4. The molecule has 0 spiro atoms. The minimum absolute atomic E-state index is 0. The highest BCUT2D eigenvalue weighted by Crippen LogP contribution is 2.29. The third kappa shape index (κ3) is 6.27. The lowest BCUT2D eigenvalue weighted by Gasteiger charge is -2.39. The van der Waals surface area contributed by atoms with Crippen molar-refractivity contribution in [1.82, 2.24) is 14.8 Å². The molecule has 0 amide bonds. The Balaban J connectivity index is 0.00000280. The average molecular weight is 512 g/mol. The lowest BCUT2D eigenvalue weighted by molar-refractivity contribution is 0.375. The summed E-state index contributed by atoms with van der Waals surface area (Å²) in [5.41, 5.74) is 2.34. The van der Waals surface area contributed by atoms with Crippen LogP contribution in [0.2, 0.25) is 0 Å². The maximum absolute atomic E-state index is 11.8. The van der Waals surface area contributed by atoms with Gasteiger partial charge in [-0.3, -0.25) is 9.79 Å². The van der Waals surface area contributed by atoms with E-state index >= 15 is 0 Å². The van der Waals surface area contributed by atoms with Crippen molar-refractivity contribution in [3.63, 3.8) is 0 Å². The Hall–Kier alpha value is -1.48. The van der Waals surface area contributed by atoms with Gasteiger partial charge in [0.2, 0.25) is 0 Å². The van der Waals surface area contributed by atoms with E-state index in [-0.39, 0.29) is 34.3 Å². The van der Waals surface area contributed by atoms with Crippen molar-refractivity contribution in [1.29, 1.82) is 0 Å². The van der Waals surface area contributed by atoms with Gasteiger partial charge in [0.25, 0.3) is 5.56 Å². The summed E-state index contributed by atoms with van der Waals surface area (Å²) in [6, 6.07) is 13.6. The van der Waals surface area contributed by atoms with Gasteiger partial charge in [0.05, 0.1) is 6.54 Å². The molecule has 1 N–H and O–H groups in total. The molecule has 152 valence electrons. The van der Waals surface area contributed by atoms with E-state index in [0.29, 0.717) is 6.54 Å². The zero-order valence-corrected chi connectivity index (χ0v) is 19.9. The molecule has 2 aromatic rings. The highest BCUT2D eigenvalue weighted by molar-refractivity contribution is 14.0. The second-order valence-corrected chi connectivity index (χ2v) is 9.22. The second kappa shape index (κ2) is 10.3. The fourth-order valence-corrected chi connectivity index (χ4v) is 4.37. The number of hydrogen-bond acceptors (Lipinski definition) is 3. The van der Waals surface area contributed by atoms with E-state index in [1.54, 1.807) is 16.7 Å². The summed E-state index contributed by atoms with van der Waals surface area (Å²) in [7, 11) is 1.85. The van der Waals surface area contributed by atoms with Crippen LogP contribution in [-0.2, 0) is 13.1 Å². The average Bonchev–Trinajstić information content (AvgIpc) is 2.65. The van der Waals surface area contributed by atoms with Gasteiger partial charge >= 0.3 is 0 Å². The number of benzene rings is 1. The standard InChI is InChI=1S/C21H28N4OS.HI/c1-21(2)16-25(12-13-27-21)20(22-3)23-14-17-7-9-18(10-8-17)15-24-11-5-4-6-19(24)26;/h4-11H,12-16H2,1-3H3,(H,22,23);1H. The molecule has 1 saturated heterocycles. The number of rotatable bonds is 4. The molecule has 0 aliphatic carbocycles. The number of nitrogens with zero attached hydrogens (tertiary/aromatic N) is 3. The van der Waals surface area contributed by atoms with Gasteiger partial charge in [0, 0.05) is 49.4 Å². The number of hydrogen-bond donors (Lipinski definition) is 1. The highest BCUT2D eigenvalue weighted by atomic mass is 127. The van der Waals surface area contributed by atoms with E-state index in [0.717, 1.165) is 36.9 Å². The van der Waals surface area contributed by atoms with Crippen LogP contribution in [0.15, 0.2) is 58.4 Å². The summed E-state index contributed by atoms with van der Waals surface area (Å²) in [6.45, 7) is 7.93. The zero-order chi connectivity index (χ0) is 19.3. The first-order chi connectivity index (χ1) is 13.0. The van der Waals surface area contributed by atoms with Crippen molar-refractivity contribution in [2.45, 2.75) is 31.7 Å². The van der Waals surface area contributed by atoms with Crippen LogP contribution >= 0.6 is 35.7 Å². The topological polar surface area (TPSA) is 49.6 Å². The minimum Gasteiger partial charge on any atom is -0.352 e. The molecule has 1 aromatic carbocycles. The van der Waals surface area contributed by atoms with Crippen LogP contribution in [0.4, 0.5) is 0 Å². The van der Waals surface area contributed by atoms with Gasteiger partial charge in [-0.05, 0) is 31.0 Å². The van der Waals surface area contributed by atoms with Crippen molar-refractivity contribution < 1.29 is 0 Å². The van der Waals surface area contributed by atoms with Crippen LogP contribution in [-0.4, -0.2) is 46.1 Å². The van der Waals surface area contributed by atoms with Gasteiger partial charge in [-0.2, -0.15) is 11.8 Å². The van der Waals surface area contributed by atoms with Crippen LogP contribution in [0.3, 0.4) is 0 Å². The first-order valence-corrected chi connectivity index (χ1v) is 10.3. The molecule has 0 radical (unpaired) electrons. The quantitative estimate of drug-likeness (QED) is 0.388. The predicted octanol–water partition coefficient (Wildman–Crippen LogP) is 3.42. The molecule has 0 saturated carbocycles. The van der Waals surface area contributed by atoms with Crippen molar-refractivity contribution in [3.8, 4) is 0 Å². The maximum Gasteiger partial charge on any atom is 0.250 e. The SMILES string of the molecule is CN=C(NCc1ccc(Cn2ccccc2=O)cc1)N1CCSC(C)(C)C1.I. The Bertz CT molecular complexity index is 848. The summed E-state index contributed by atoms with van der Waals surface area (Å²) >= 11 is 2.02. The molecule has 5 nitrogen and oxygen atoms in total. The highest BCUT2D eigenvalue weighted by Gasteiger charge is 2.28. The number of aromatic nitrogens is 1. The number of halogens is 1. The lowest BCUT2D eigenvalue weighted by Crippen LogP contribution is -2.50. The smallest absolute Gasteiger partial charge is 0.250 e. The fraction of sp³-hybridized carbons (Fsp3) is 0.429. The summed E-state index contributed by atoms with van der Waals surface area (Å²) in [5.74, 6) is 2.09. The molecule has 1 aliphatic heterocycles. The Morgan fingerprint density at radius 2 is 1.89 bits per heavy atom. The molecule has 0 unspecified atom stereocenters. The molecule has 1 fully saturated rings. The monoisotopic (exact) mass is 512 g/mol. The maximum atomic E-state index is 11.8. The number of thioether (sulfide) groups is 1. The lowest BCUT2D eigenvalue weighted by atomic mass is 10.1.